The van der Waals surface area contributed by atoms with Crippen LogP contribution in [0.1, 0.15) is 13.8 Å². The van der Waals surface area contributed by atoms with Crippen molar-refractivity contribution in [2.24, 2.45) is 0 Å². The zero-order valence-electron chi connectivity index (χ0n) is 5.05. The van der Waals surface area contributed by atoms with Gasteiger partial charge in [0.1, 0.15) is 0 Å². The molecule has 0 aliphatic rings. The predicted molar refractivity (Wildman–Crippen MR) is 45.4 cm³/mol. The van der Waals surface area contributed by atoms with Crippen molar-refractivity contribution in [1.29, 1.82) is 0 Å². The van der Waals surface area contributed by atoms with Crippen LogP contribution in [0.5, 0.6) is 0 Å². The molecule has 0 bridgehead atoms. The van der Waals surface area contributed by atoms with Gasteiger partial charge in [0, 0.05) is 0 Å². The minimum atomic E-state index is -3.17. The first-order valence-corrected chi connectivity index (χ1v) is 4.07. The molecule has 0 spiro atoms. The summed E-state index contributed by atoms with van der Waals surface area (Å²) in [6, 6.07) is 0. The molecule has 0 heterocycles. The minimum absolute atomic E-state index is 0. The van der Waals surface area contributed by atoms with E-state index in [9.17, 15) is 8.42 Å². The monoisotopic (exact) mass is 186 g/mol. The summed E-state index contributed by atoms with van der Waals surface area (Å²) in [7, 11) is -3.17. The van der Waals surface area contributed by atoms with Crippen molar-refractivity contribution in [2.45, 2.75) is 13.8 Å². The maximum atomic E-state index is 10.4. The second-order valence-corrected chi connectivity index (χ2v) is 3.18. The first-order chi connectivity index (χ1) is 3.62. The van der Waals surface area contributed by atoms with Crippen LogP contribution in [0.25, 0.3) is 0 Å². The summed E-state index contributed by atoms with van der Waals surface area (Å²) in [5.74, 6) is 0.0564. The molecule has 54 valence electrons. The van der Waals surface area contributed by atoms with Crippen LogP contribution in [0.4, 0.5) is 0 Å². The third-order valence-electron chi connectivity index (χ3n) is 0.651. The van der Waals surface area contributed by atoms with Crippen molar-refractivity contribution < 1.29 is 12.6 Å². The molecule has 0 rings (SSSR count). The van der Waals surface area contributed by atoms with E-state index in [0.29, 0.717) is 0 Å². The van der Waals surface area contributed by atoms with Crippen molar-refractivity contribution in [3.05, 3.63) is 0 Å². The zero-order chi connectivity index (χ0) is 6.62. The van der Waals surface area contributed by atoms with Crippen molar-refractivity contribution in [3.8, 4) is 0 Å². The Bertz CT molecular complexity index is 143. The second kappa shape index (κ2) is 9.00. The fourth-order valence-electron chi connectivity index (χ4n) is 0.263. The quantitative estimate of drug-likeness (QED) is 0.422. The van der Waals surface area contributed by atoms with Gasteiger partial charge in [-0.15, -0.1) is 0 Å². The van der Waals surface area contributed by atoms with Crippen LogP contribution in [-0.2, 0) is 14.3 Å². The van der Waals surface area contributed by atoms with Crippen LogP contribution in [0.2, 0.25) is 0 Å². The Balaban J connectivity index is -0.000000245. The number of rotatable bonds is 3. The topological polar surface area (TPSA) is 43.4 Å². The molecular weight excluding hydrogens is 174 g/mol. The molecule has 0 N–H and O–H groups in total. The molecule has 0 radical (unpaired) electrons. The summed E-state index contributed by atoms with van der Waals surface area (Å²) < 4.78 is 25.1. The zero-order valence-corrected chi connectivity index (χ0v) is 5.86. The van der Waals surface area contributed by atoms with Gasteiger partial charge in [0.05, 0.1) is 12.4 Å². The van der Waals surface area contributed by atoms with Gasteiger partial charge in [0.25, 0.3) is 10.1 Å². The van der Waals surface area contributed by atoms with Crippen LogP contribution < -0.4 is 0 Å². The average Bonchev–Trinajstić information content (AvgIpc) is 1.67. The van der Waals surface area contributed by atoms with E-state index in [0.717, 1.165) is 0 Å². The third kappa shape index (κ3) is 9.91. The summed E-state index contributed by atoms with van der Waals surface area (Å²) in [5.41, 5.74) is 0. The molecule has 0 saturated heterocycles. The van der Waals surface area contributed by atoms with Crippen LogP contribution in [0.15, 0.2) is 0 Å². The average molecular weight is 186 g/mol. The molecule has 0 aliphatic carbocycles. The van der Waals surface area contributed by atoms with Crippen LogP contribution >= 0.6 is 0 Å². The van der Waals surface area contributed by atoms with E-state index in [2.05, 4.69) is 4.18 Å². The Morgan fingerprint density at radius 2 is 1.60 bits per heavy atom. The number of hydrogen-bond donors (Lipinski definition) is 0. The van der Waals surface area contributed by atoms with Gasteiger partial charge in [-0.2, -0.15) is 8.42 Å². The fraction of sp³-hybridized carbons (Fsp3) is 1.00. The second-order valence-electron chi connectivity index (χ2n) is 1.25. The van der Waals surface area contributed by atoms with Gasteiger partial charge in [0.15, 0.2) is 0 Å². The van der Waals surface area contributed by atoms with Crippen molar-refractivity contribution in [3.63, 3.8) is 0 Å². The third-order valence-corrected chi connectivity index (χ3v) is 1.95. The molecule has 0 unspecified atom stereocenters. The van der Waals surface area contributed by atoms with Gasteiger partial charge in [-0.3, -0.25) is 4.18 Å². The van der Waals surface area contributed by atoms with E-state index in [1.54, 1.807) is 13.8 Å². The van der Waals surface area contributed by atoms with E-state index in [-0.39, 0.29) is 71.5 Å². The van der Waals surface area contributed by atoms with E-state index >= 15 is 0 Å². The first-order valence-electron chi connectivity index (χ1n) is 2.49. The van der Waals surface area contributed by atoms with Gasteiger partial charge in [-0.1, -0.05) is 0 Å². The summed E-state index contributed by atoms with van der Waals surface area (Å²) in [6.45, 7) is 3.42. The standard InChI is InChI=1S/C4H10O3S.2Na.2H/c1-3-7-8(5,6)4-2;;;;/h3-4H2,1-2H3;;;;. The Kier molecular flexibility index (Phi) is 16.1. The van der Waals surface area contributed by atoms with Crippen LogP contribution in [-0.4, -0.2) is 79.9 Å². The molecule has 0 amide bonds. The van der Waals surface area contributed by atoms with Gasteiger partial charge in [0.2, 0.25) is 0 Å². The summed E-state index contributed by atoms with van der Waals surface area (Å²) in [4.78, 5) is 0. The molecule has 0 aliphatic heterocycles. The van der Waals surface area contributed by atoms with Crippen molar-refractivity contribution >= 4 is 69.2 Å². The maximum absolute atomic E-state index is 10.4. The van der Waals surface area contributed by atoms with Gasteiger partial charge >= 0.3 is 59.1 Å². The molecule has 6 heteroatoms. The van der Waals surface area contributed by atoms with E-state index in [1.165, 1.54) is 0 Å². The molecule has 0 aromatic carbocycles. The SMILES string of the molecule is CCOS(=O)(=O)CC.[NaH].[NaH]. The number of hydrogen-bond acceptors (Lipinski definition) is 3. The molecule has 0 fully saturated rings. The Morgan fingerprint density at radius 3 is 1.70 bits per heavy atom. The Hall–Kier alpha value is 1.91. The summed E-state index contributed by atoms with van der Waals surface area (Å²) in [6.07, 6.45) is 0. The molecule has 10 heavy (non-hydrogen) atoms. The molecule has 0 aromatic rings. The summed E-state index contributed by atoms with van der Waals surface area (Å²) >= 11 is 0. The van der Waals surface area contributed by atoms with Crippen molar-refractivity contribution in [2.75, 3.05) is 12.4 Å². The normalized spacial score (nSPS) is 9.40. The Labute approximate surface area is 107 Å². The van der Waals surface area contributed by atoms with Crippen molar-refractivity contribution in [1.82, 2.24) is 0 Å². The van der Waals surface area contributed by atoms with E-state index in [1.807, 2.05) is 0 Å². The molecule has 0 saturated carbocycles. The van der Waals surface area contributed by atoms with Gasteiger partial charge in [-0.25, -0.2) is 0 Å². The van der Waals surface area contributed by atoms with E-state index < -0.39 is 10.1 Å². The molecule has 3 nitrogen and oxygen atoms in total. The van der Waals surface area contributed by atoms with Gasteiger partial charge in [-0.05, 0) is 13.8 Å². The molecule has 0 atom stereocenters. The molecular formula is C4H12Na2O3S. The van der Waals surface area contributed by atoms with E-state index in [4.69, 9.17) is 0 Å². The molecule has 0 aromatic heterocycles. The first kappa shape index (κ1) is 17.9. The predicted octanol–water partition coefficient (Wildman–Crippen LogP) is -0.924. The van der Waals surface area contributed by atoms with Crippen LogP contribution in [0.3, 0.4) is 0 Å². The Morgan fingerprint density at radius 1 is 1.20 bits per heavy atom. The summed E-state index contributed by atoms with van der Waals surface area (Å²) in [5, 5.41) is 0. The van der Waals surface area contributed by atoms with Crippen LogP contribution in [0, 0.1) is 0 Å². The fourth-order valence-corrected chi connectivity index (χ4v) is 0.789. The van der Waals surface area contributed by atoms with Gasteiger partial charge < -0.3 is 0 Å².